The molecule has 5 nitrogen and oxygen atoms in total. The van der Waals surface area contributed by atoms with Crippen molar-refractivity contribution in [3.8, 4) is 0 Å². The van der Waals surface area contributed by atoms with Crippen LogP contribution in [0.3, 0.4) is 0 Å². The second-order valence-electron chi connectivity index (χ2n) is 4.23. The highest BCUT2D eigenvalue weighted by atomic mass is 16.5. The summed E-state index contributed by atoms with van der Waals surface area (Å²) in [7, 11) is 3.16. The molecule has 5 heteroatoms. The lowest BCUT2D eigenvalue weighted by Gasteiger charge is -2.13. The van der Waals surface area contributed by atoms with Crippen molar-refractivity contribution >= 4 is 11.9 Å². The van der Waals surface area contributed by atoms with Gasteiger partial charge >= 0.3 is 5.97 Å². The molecule has 19 heavy (non-hydrogen) atoms. The van der Waals surface area contributed by atoms with Gasteiger partial charge in [-0.25, -0.2) is 4.79 Å². The molecular formula is C14H20N2O3. The molecule has 1 unspecified atom stereocenters. The van der Waals surface area contributed by atoms with Gasteiger partial charge in [0.15, 0.2) is 0 Å². The summed E-state index contributed by atoms with van der Waals surface area (Å²) in [5.74, 6) is -0.717. The minimum Gasteiger partial charge on any atom is -0.467 e. The predicted octanol–water partition coefficient (Wildman–Crippen LogP) is 0.740. The van der Waals surface area contributed by atoms with Crippen LogP contribution in [0.15, 0.2) is 24.3 Å². The molecule has 104 valence electrons. The molecule has 0 aliphatic rings. The van der Waals surface area contributed by atoms with Crippen LogP contribution in [0.4, 0.5) is 0 Å². The summed E-state index contributed by atoms with van der Waals surface area (Å²) in [6.07, 6.45) is 0.757. The summed E-state index contributed by atoms with van der Waals surface area (Å²) in [5, 5.41) is 5.67. The van der Waals surface area contributed by atoms with Gasteiger partial charge in [0.05, 0.1) is 7.11 Å². The van der Waals surface area contributed by atoms with Crippen LogP contribution in [0.1, 0.15) is 22.8 Å². The van der Waals surface area contributed by atoms with Crippen LogP contribution in [-0.4, -0.2) is 38.6 Å². The summed E-state index contributed by atoms with van der Waals surface area (Å²) in [6.45, 7) is 2.39. The van der Waals surface area contributed by atoms with E-state index in [9.17, 15) is 9.59 Å². The van der Waals surface area contributed by atoms with Crippen LogP contribution in [0.5, 0.6) is 0 Å². The van der Waals surface area contributed by atoms with E-state index in [0.29, 0.717) is 5.56 Å². The fourth-order valence-corrected chi connectivity index (χ4v) is 1.73. The van der Waals surface area contributed by atoms with E-state index in [1.807, 2.05) is 19.2 Å². The van der Waals surface area contributed by atoms with Gasteiger partial charge in [-0.3, -0.25) is 4.79 Å². The number of hydrogen-bond donors (Lipinski definition) is 2. The summed E-state index contributed by atoms with van der Waals surface area (Å²) in [5.41, 5.74) is 1.54. The Morgan fingerprint density at radius 2 is 2.00 bits per heavy atom. The first-order valence-corrected chi connectivity index (χ1v) is 6.21. The van der Waals surface area contributed by atoms with Crippen molar-refractivity contribution in [3.05, 3.63) is 35.4 Å². The van der Waals surface area contributed by atoms with Gasteiger partial charge in [0, 0.05) is 5.56 Å². The average Bonchev–Trinajstić information content (AvgIpc) is 2.44. The lowest BCUT2D eigenvalue weighted by atomic mass is 10.0. The maximum atomic E-state index is 12.1. The molecule has 1 atom stereocenters. The van der Waals surface area contributed by atoms with Crippen LogP contribution >= 0.6 is 0 Å². The van der Waals surface area contributed by atoms with Crippen LogP contribution in [-0.2, 0) is 16.0 Å². The first-order valence-electron chi connectivity index (χ1n) is 6.21. The molecule has 0 spiro atoms. The Hall–Kier alpha value is -1.88. The number of ether oxygens (including phenoxy) is 1. The normalized spacial score (nSPS) is 11.7. The molecule has 0 saturated carbocycles. The lowest BCUT2D eigenvalue weighted by molar-refractivity contribution is -0.142. The maximum absolute atomic E-state index is 12.1. The number of likely N-dealkylation sites (N-methyl/N-ethyl adjacent to an activating group) is 1. The molecular weight excluding hydrogens is 244 g/mol. The van der Waals surface area contributed by atoms with Crippen LogP contribution < -0.4 is 10.6 Å². The smallest absolute Gasteiger partial charge is 0.328 e. The topological polar surface area (TPSA) is 67.4 Å². The molecule has 0 aliphatic carbocycles. The van der Waals surface area contributed by atoms with Crippen LogP contribution in [0, 0.1) is 0 Å². The van der Waals surface area contributed by atoms with E-state index < -0.39 is 12.0 Å². The molecule has 0 aromatic heterocycles. The molecule has 0 aliphatic heterocycles. The Labute approximate surface area is 113 Å². The van der Waals surface area contributed by atoms with Crippen molar-refractivity contribution in [3.63, 3.8) is 0 Å². The number of carbonyl (C=O) groups is 2. The van der Waals surface area contributed by atoms with Gasteiger partial charge in [-0.2, -0.15) is 0 Å². The fraction of sp³-hybridized carbons (Fsp3) is 0.429. The second-order valence-corrected chi connectivity index (χ2v) is 4.23. The minimum absolute atomic E-state index is 0.260. The Bertz CT molecular complexity index is 446. The van der Waals surface area contributed by atoms with Crippen molar-refractivity contribution in [2.45, 2.75) is 19.4 Å². The highest BCUT2D eigenvalue weighted by Crippen LogP contribution is 2.09. The molecule has 1 aromatic rings. The molecule has 0 bridgehead atoms. The molecule has 1 rings (SSSR count). The number of nitrogens with one attached hydrogen (secondary N) is 2. The number of benzene rings is 1. The molecule has 0 radical (unpaired) electrons. The first-order chi connectivity index (χ1) is 9.10. The van der Waals surface area contributed by atoms with Crippen molar-refractivity contribution in [1.82, 2.24) is 10.6 Å². The lowest BCUT2D eigenvalue weighted by Crippen LogP contribution is -2.39. The fourth-order valence-electron chi connectivity index (χ4n) is 1.73. The summed E-state index contributed by atoms with van der Waals surface area (Å²) in [6, 6.07) is 6.71. The van der Waals surface area contributed by atoms with Crippen molar-refractivity contribution in [1.29, 1.82) is 0 Å². The molecule has 0 saturated heterocycles. The Morgan fingerprint density at radius 1 is 1.32 bits per heavy atom. The van der Waals surface area contributed by atoms with Crippen molar-refractivity contribution in [2.75, 3.05) is 20.7 Å². The van der Waals surface area contributed by atoms with Gasteiger partial charge in [-0.1, -0.05) is 18.2 Å². The molecule has 1 amide bonds. The SMILES string of the molecule is CNCCc1ccccc1C(=O)NC(C)C(=O)OC. The summed E-state index contributed by atoms with van der Waals surface area (Å²) >= 11 is 0. The zero-order valence-corrected chi connectivity index (χ0v) is 11.5. The van der Waals surface area contributed by atoms with E-state index in [4.69, 9.17) is 0 Å². The summed E-state index contributed by atoms with van der Waals surface area (Å²) in [4.78, 5) is 23.4. The Balaban J connectivity index is 2.78. The third kappa shape index (κ3) is 4.37. The van der Waals surface area contributed by atoms with Crippen LogP contribution in [0.2, 0.25) is 0 Å². The number of rotatable bonds is 6. The van der Waals surface area contributed by atoms with Gasteiger partial charge in [0.1, 0.15) is 6.04 Å². The van der Waals surface area contributed by atoms with Crippen molar-refractivity contribution < 1.29 is 14.3 Å². The standard InChI is InChI=1S/C14H20N2O3/c1-10(14(18)19-3)16-13(17)12-7-5-4-6-11(12)8-9-15-2/h4-7,10,15H,8-9H2,1-3H3,(H,16,17). The van der Waals surface area contributed by atoms with Gasteiger partial charge in [0.25, 0.3) is 5.91 Å². The van der Waals surface area contributed by atoms with E-state index in [-0.39, 0.29) is 5.91 Å². The zero-order valence-electron chi connectivity index (χ0n) is 11.5. The third-order valence-electron chi connectivity index (χ3n) is 2.81. The van der Waals surface area contributed by atoms with Gasteiger partial charge in [0.2, 0.25) is 0 Å². The molecule has 0 fully saturated rings. The van der Waals surface area contributed by atoms with E-state index in [2.05, 4.69) is 15.4 Å². The largest absolute Gasteiger partial charge is 0.467 e. The molecule has 2 N–H and O–H groups in total. The predicted molar refractivity (Wildman–Crippen MR) is 73.0 cm³/mol. The minimum atomic E-state index is -0.658. The van der Waals surface area contributed by atoms with Gasteiger partial charge < -0.3 is 15.4 Å². The second kappa shape index (κ2) is 7.53. The monoisotopic (exact) mass is 264 g/mol. The number of carbonyl (C=O) groups excluding carboxylic acids is 2. The quantitative estimate of drug-likeness (QED) is 0.744. The van der Waals surface area contributed by atoms with E-state index in [0.717, 1.165) is 18.5 Å². The van der Waals surface area contributed by atoms with Crippen molar-refractivity contribution in [2.24, 2.45) is 0 Å². The number of methoxy groups -OCH3 is 1. The number of esters is 1. The summed E-state index contributed by atoms with van der Waals surface area (Å²) < 4.78 is 4.58. The Kier molecular flexibility index (Phi) is 6.02. The maximum Gasteiger partial charge on any atom is 0.328 e. The number of amides is 1. The van der Waals surface area contributed by atoms with Gasteiger partial charge in [-0.15, -0.1) is 0 Å². The van der Waals surface area contributed by atoms with E-state index in [1.54, 1.807) is 19.1 Å². The highest BCUT2D eigenvalue weighted by molar-refractivity contribution is 5.97. The highest BCUT2D eigenvalue weighted by Gasteiger charge is 2.18. The van der Waals surface area contributed by atoms with Crippen LogP contribution in [0.25, 0.3) is 0 Å². The molecule has 1 aromatic carbocycles. The average molecular weight is 264 g/mol. The van der Waals surface area contributed by atoms with E-state index in [1.165, 1.54) is 7.11 Å². The molecule has 0 heterocycles. The zero-order chi connectivity index (χ0) is 14.3. The Morgan fingerprint density at radius 3 is 2.63 bits per heavy atom. The first kappa shape index (κ1) is 15.2. The third-order valence-corrected chi connectivity index (χ3v) is 2.81. The number of hydrogen-bond acceptors (Lipinski definition) is 4. The van der Waals surface area contributed by atoms with Gasteiger partial charge in [-0.05, 0) is 38.6 Å². The van der Waals surface area contributed by atoms with E-state index >= 15 is 0 Å².